The summed E-state index contributed by atoms with van der Waals surface area (Å²) in [4.78, 5) is 0. The fourth-order valence-corrected chi connectivity index (χ4v) is 11.2. The monoisotopic (exact) mass is 800 g/mol. The van der Waals surface area contributed by atoms with Gasteiger partial charge in [-0.1, -0.05) is 176 Å². The number of fused-ring (bicyclic) bond motifs is 15. The smallest absolute Gasteiger partial charge is 0.136 e. The van der Waals surface area contributed by atoms with Crippen molar-refractivity contribution in [1.29, 1.82) is 0 Å². The first-order valence-corrected chi connectivity index (χ1v) is 21.7. The van der Waals surface area contributed by atoms with Gasteiger partial charge in [0, 0.05) is 21.5 Å². The number of benzene rings is 11. The quantitative estimate of drug-likeness (QED) is 0.166. The predicted molar refractivity (Wildman–Crippen MR) is 262 cm³/mol. The van der Waals surface area contributed by atoms with Crippen molar-refractivity contribution in [2.75, 3.05) is 0 Å². The Bertz CT molecular complexity index is 3940. The summed E-state index contributed by atoms with van der Waals surface area (Å²) in [6, 6.07) is 79.8. The highest BCUT2D eigenvalue weighted by molar-refractivity contribution is 6.26. The van der Waals surface area contributed by atoms with E-state index in [2.05, 4.69) is 218 Å². The van der Waals surface area contributed by atoms with E-state index in [1.54, 1.807) is 0 Å². The molecule has 0 N–H and O–H groups in total. The lowest BCUT2D eigenvalue weighted by Crippen LogP contribution is -2.28. The van der Waals surface area contributed by atoms with Gasteiger partial charge in [0.1, 0.15) is 22.3 Å². The zero-order valence-corrected chi connectivity index (χ0v) is 34.1. The largest absolute Gasteiger partial charge is 0.456 e. The van der Waals surface area contributed by atoms with Gasteiger partial charge in [-0.15, -0.1) is 0 Å². The van der Waals surface area contributed by atoms with E-state index in [1.807, 2.05) is 0 Å². The predicted octanol–water partition coefficient (Wildman–Crippen LogP) is 16.6. The topological polar surface area (TPSA) is 26.3 Å². The second-order valence-electron chi connectivity index (χ2n) is 17.1. The molecular formula is C61H36O2. The lowest BCUT2D eigenvalue weighted by Gasteiger charge is -2.34. The maximum atomic E-state index is 6.66. The Morgan fingerprint density at radius 3 is 1.30 bits per heavy atom. The van der Waals surface area contributed by atoms with Gasteiger partial charge in [0.05, 0.1) is 5.41 Å². The van der Waals surface area contributed by atoms with E-state index < -0.39 is 5.41 Å². The van der Waals surface area contributed by atoms with Gasteiger partial charge in [-0.25, -0.2) is 0 Å². The Hall–Kier alpha value is -8.20. The van der Waals surface area contributed by atoms with Gasteiger partial charge >= 0.3 is 0 Å². The van der Waals surface area contributed by atoms with Crippen LogP contribution in [0.3, 0.4) is 0 Å². The molecule has 0 aliphatic heterocycles. The fraction of sp³-hybridized carbons (Fsp3) is 0.0164. The maximum absolute atomic E-state index is 6.66. The van der Waals surface area contributed by atoms with Gasteiger partial charge in [0.25, 0.3) is 0 Å². The normalized spacial score (nSPS) is 13.2. The van der Waals surface area contributed by atoms with Crippen LogP contribution in [0.2, 0.25) is 0 Å². The van der Waals surface area contributed by atoms with Gasteiger partial charge in [-0.2, -0.15) is 0 Å². The average molecular weight is 801 g/mol. The molecule has 1 aliphatic rings. The van der Waals surface area contributed by atoms with Crippen molar-refractivity contribution in [2.24, 2.45) is 0 Å². The maximum Gasteiger partial charge on any atom is 0.136 e. The van der Waals surface area contributed by atoms with E-state index in [4.69, 9.17) is 8.83 Å². The summed E-state index contributed by atoms with van der Waals surface area (Å²) >= 11 is 0. The van der Waals surface area contributed by atoms with Crippen LogP contribution in [0.15, 0.2) is 227 Å². The molecule has 0 unspecified atom stereocenters. The van der Waals surface area contributed by atoms with Crippen molar-refractivity contribution in [3.05, 3.63) is 241 Å². The van der Waals surface area contributed by atoms with Crippen molar-refractivity contribution in [3.63, 3.8) is 0 Å². The highest BCUT2D eigenvalue weighted by atomic mass is 16.3. The van der Waals surface area contributed by atoms with Gasteiger partial charge in [0.2, 0.25) is 0 Å². The lowest BCUT2D eigenvalue weighted by molar-refractivity contribution is 0.664. The first kappa shape index (κ1) is 34.5. The van der Waals surface area contributed by atoms with Gasteiger partial charge in [0.15, 0.2) is 0 Å². The molecule has 2 aromatic heterocycles. The Balaban J connectivity index is 0.917. The third-order valence-corrected chi connectivity index (χ3v) is 13.9. The molecule has 1 aliphatic carbocycles. The minimum absolute atomic E-state index is 0.457. The second-order valence-corrected chi connectivity index (χ2v) is 17.1. The third-order valence-electron chi connectivity index (χ3n) is 13.9. The van der Waals surface area contributed by atoms with E-state index >= 15 is 0 Å². The molecule has 13 aromatic rings. The molecule has 2 heterocycles. The molecular weight excluding hydrogens is 765 g/mol. The standard InChI is InChI=1S/C61H36O2/c1-3-14-40(15-4-1)61(41-16-5-2-6-17-41)54-24-12-11-22-48(54)60-42(23-13-25-55(60)61)39-28-31-57-51(34-39)53-36-58-52(35-59(53)63-57)50-33-38(27-30-56(50)62-58)37-26-29-47-45-20-8-7-18-43(45)44-19-9-10-21-46(44)49(47)32-37/h1-36H. The summed E-state index contributed by atoms with van der Waals surface area (Å²) in [6.45, 7) is 0. The van der Waals surface area contributed by atoms with E-state index in [0.717, 1.165) is 55.0 Å². The highest BCUT2D eigenvalue weighted by Crippen LogP contribution is 2.58. The molecule has 14 rings (SSSR count). The zero-order valence-electron chi connectivity index (χ0n) is 34.1. The third kappa shape index (κ3) is 4.78. The van der Waals surface area contributed by atoms with Crippen LogP contribution in [-0.4, -0.2) is 0 Å². The summed E-state index contributed by atoms with van der Waals surface area (Å²) in [5.74, 6) is 0. The van der Waals surface area contributed by atoms with Crippen molar-refractivity contribution in [2.45, 2.75) is 5.41 Å². The fourth-order valence-electron chi connectivity index (χ4n) is 11.2. The van der Waals surface area contributed by atoms with Crippen molar-refractivity contribution < 1.29 is 8.83 Å². The van der Waals surface area contributed by atoms with Crippen LogP contribution in [-0.2, 0) is 5.41 Å². The summed E-state index contributed by atoms with van der Waals surface area (Å²) in [6.07, 6.45) is 0. The molecule has 292 valence electrons. The number of hydrogen-bond acceptors (Lipinski definition) is 2. The molecule has 0 radical (unpaired) electrons. The molecule has 11 aromatic carbocycles. The van der Waals surface area contributed by atoms with Crippen LogP contribution in [0.4, 0.5) is 0 Å². The molecule has 0 atom stereocenters. The summed E-state index contributed by atoms with van der Waals surface area (Å²) in [7, 11) is 0. The Labute approximate surface area is 362 Å². The van der Waals surface area contributed by atoms with E-state index in [-0.39, 0.29) is 0 Å². The van der Waals surface area contributed by atoms with E-state index in [1.165, 1.54) is 76.8 Å². The van der Waals surface area contributed by atoms with Crippen molar-refractivity contribution >= 4 is 76.2 Å². The number of furan rings is 2. The van der Waals surface area contributed by atoms with Crippen LogP contribution in [0, 0.1) is 0 Å². The number of hydrogen-bond donors (Lipinski definition) is 0. The first-order valence-electron chi connectivity index (χ1n) is 21.7. The SMILES string of the molecule is c1ccc(C2(c3ccccc3)c3ccccc3-c3c(-c4ccc5oc6cc7c(cc6c5c4)oc4ccc(-c5ccc6c8ccccc8c8ccccc8c6c5)cc47)cccc32)cc1. The molecule has 2 heteroatoms. The number of rotatable bonds is 4. The highest BCUT2D eigenvalue weighted by Gasteiger charge is 2.46. The van der Waals surface area contributed by atoms with Gasteiger partial charge < -0.3 is 8.83 Å². The van der Waals surface area contributed by atoms with Crippen molar-refractivity contribution in [3.8, 4) is 33.4 Å². The van der Waals surface area contributed by atoms with Gasteiger partial charge in [-0.05, 0) is 130 Å². The minimum Gasteiger partial charge on any atom is -0.456 e. The molecule has 0 amide bonds. The second kappa shape index (κ2) is 12.9. The summed E-state index contributed by atoms with van der Waals surface area (Å²) < 4.78 is 13.3. The Morgan fingerprint density at radius 1 is 0.254 bits per heavy atom. The summed E-state index contributed by atoms with van der Waals surface area (Å²) in [5.41, 5.74) is 15.3. The Kier molecular flexibility index (Phi) is 7.07. The van der Waals surface area contributed by atoms with Crippen LogP contribution in [0.25, 0.3) is 110 Å². The van der Waals surface area contributed by atoms with Crippen LogP contribution < -0.4 is 0 Å². The molecule has 0 spiro atoms. The van der Waals surface area contributed by atoms with Crippen LogP contribution in [0.1, 0.15) is 22.3 Å². The Morgan fingerprint density at radius 2 is 0.683 bits per heavy atom. The molecule has 0 fully saturated rings. The molecule has 0 bridgehead atoms. The van der Waals surface area contributed by atoms with Crippen LogP contribution >= 0.6 is 0 Å². The molecule has 0 saturated carbocycles. The van der Waals surface area contributed by atoms with Crippen LogP contribution in [0.5, 0.6) is 0 Å². The van der Waals surface area contributed by atoms with Gasteiger partial charge in [-0.3, -0.25) is 0 Å². The molecule has 0 saturated heterocycles. The van der Waals surface area contributed by atoms with E-state index in [0.29, 0.717) is 0 Å². The average Bonchev–Trinajstić information content (AvgIpc) is 4.00. The minimum atomic E-state index is -0.457. The zero-order chi connectivity index (χ0) is 41.2. The van der Waals surface area contributed by atoms with E-state index in [9.17, 15) is 0 Å². The first-order chi connectivity index (χ1) is 31.2. The molecule has 2 nitrogen and oxygen atoms in total. The molecule has 63 heavy (non-hydrogen) atoms. The van der Waals surface area contributed by atoms with Crippen molar-refractivity contribution in [1.82, 2.24) is 0 Å². The summed E-state index contributed by atoms with van der Waals surface area (Å²) in [5, 5.41) is 11.9. The lowest BCUT2D eigenvalue weighted by atomic mass is 9.67.